The van der Waals surface area contributed by atoms with Gasteiger partial charge in [-0.1, -0.05) is 31.5 Å². The first-order valence-electron chi connectivity index (χ1n) is 6.72. The van der Waals surface area contributed by atoms with Crippen molar-refractivity contribution in [2.45, 2.75) is 45.7 Å². The van der Waals surface area contributed by atoms with Crippen LogP contribution in [-0.2, 0) is 6.54 Å². The summed E-state index contributed by atoms with van der Waals surface area (Å²) in [5.41, 5.74) is 1.05. The van der Waals surface area contributed by atoms with E-state index in [9.17, 15) is 4.39 Å². The average molecular weight is 270 g/mol. The molecule has 18 heavy (non-hydrogen) atoms. The summed E-state index contributed by atoms with van der Waals surface area (Å²) >= 11 is 5.78. The van der Waals surface area contributed by atoms with Crippen LogP contribution in [0.3, 0.4) is 0 Å². The van der Waals surface area contributed by atoms with E-state index < -0.39 is 0 Å². The smallest absolute Gasteiger partial charge is 0.141 e. The molecule has 1 fully saturated rings. The molecule has 3 heteroatoms. The Labute approximate surface area is 114 Å². The van der Waals surface area contributed by atoms with Gasteiger partial charge in [-0.25, -0.2) is 4.39 Å². The molecule has 1 saturated carbocycles. The first-order valence-corrected chi connectivity index (χ1v) is 7.09. The van der Waals surface area contributed by atoms with E-state index in [1.165, 1.54) is 25.3 Å². The molecule has 0 bridgehead atoms. The zero-order chi connectivity index (χ0) is 13.1. The van der Waals surface area contributed by atoms with Crippen molar-refractivity contribution in [3.8, 4) is 0 Å². The molecule has 2 unspecified atom stereocenters. The van der Waals surface area contributed by atoms with Crippen molar-refractivity contribution in [3.05, 3.63) is 34.6 Å². The number of halogens is 2. The van der Waals surface area contributed by atoms with Crippen LogP contribution in [0.2, 0.25) is 5.02 Å². The molecule has 1 aromatic carbocycles. The predicted molar refractivity (Wildman–Crippen MR) is 74.2 cm³/mol. The second-order valence-corrected chi connectivity index (χ2v) is 6.15. The van der Waals surface area contributed by atoms with Gasteiger partial charge in [-0.2, -0.15) is 0 Å². The molecule has 1 aliphatic carbocycles. The molecule has 0 aromatic heterocycles. The Bertz CT molecular complexity index is 397. The van der Waals surface area contributed by atoms with Crippen molar-refractivity contribution in [2.24, 2.45) is 11.8 Å². The van der Waals surface area contributed by atoms with Crippen molar-refractivity contribution in [1.82, 2.24) is 5.32 Å². The Hall–Kier alpha value is -0.600. The molecule has 0 amide bonds. The summed E-state index contributed by atoms with van der Waals surface area (Å²) < 4.78 is 13.0. The van der Waals surface area contributed by atoms with Crippen LogP contribution in [-0.4, -0.2) is 6.04 Å². The molecule has 2 atom stereocenters. The van der Waals surface area contributed by atoms with Crippen molar-refractivity contribution >= 4 is 11.6 Å². The van der Waals surface area contributed by atoms with E-state index in [0.717, 1.165) is 23.9 Å². The van der Waals surface area contributed by atoms with Crippen molar-refractivity contribution in [2.75, 3.05) is 0 Å². The van der Waals surface area contributed by atoms with Crippen LogP contribution < -0.4 is 5.32 Å². The lowest BCUT2D eigenvalue weighted by molar-refractivity contribution is 0.238. The summed E-state index contributed by atoms with van der Waals surface area (Å²) in [6.07, 6.45) is 3.80. The van der Waals surface area contributed by atoms with Crippen molar-refractivity contribution in [1.29, 1.82) is 0 Å². The molecule has 2 rings (SSSR count). The van der Waals surface area contributed by atoms with Crippen LogP contribution in [0.25, 0.3) is 0 Å². The minimum atomic E-state index is -0.347. The van der Waals surface area contributed by atoms with Gasteiger partial charge in [0, 0.05) is 12.6 Å². The normalized spacial score (nSPS) is 28.3. The van der Waals surface area contributed by atoms with Gasteiger partial charge in [0.05, 0.1) is 5.02 Å². The average Bonchev–Trinajstić information content (AvgIpc) is 2.29. The molecule has 0 aliphatic heterocycles. The quantitative estimate of drug-likeness (QED) is 0.858. The van der Waals surface area contributed by atoms with Gasteiger partial charge in [0.15, 0.2) is 0 Å². The maximum atomic E-state index is 13.0. The fourth-order valence-corrected chi connectivity index (χ4v) is 3.23. The van der Waals surface area contributed by atoms with Gasteiger partial charge in [0.25, 0.3) is 0 Å². The summed E-state index contributed by atoms with van der Waals surface area (Å²) in [5.74, 6) is 1.24. The second-order valence-electron chi connectivity index (χ2n) is 5.74. The molecule has 1 nitrogen and oxygen atoms in total. The highest BCUT2D eigenvalue weighted by Gasteiger charge is 2.23. The third-order valence-corrected chi connectivity index (χ3v) is 4.05. The maximum Gasteiger partial charge on any atom is 0.141 e. The van der Waals surface area contributed by atoms with Crippen LogP contribution in [0, 0.1) is 17.7 Å². The highest BCUT2D eigenvalue weighted by Crippen LogP contribution is 2.28. The minimum absolute atomic E-state index is 0.208. The van der Waals surface area contributed by atoms with Crippen LogP contribution in [0.1, 0.15) is 38.7 Å². The minimum Gasteiger partial charge on any atom is -0.310 e. The van der Waals surface area contributed by atoms with E-state index in [4.69, 9.17) is 11.6 Å². The predicted octanol–water partition coefficient (Wildman–Crippen LogP) is 4.39. The third-order valence-electron chi connectivity index (χ3n) is 3.76. The largest absolute Gasteiger partial charge is 0.310 e. The molecule has 1 aliphatic rings. The van der Waals surface area contributed by atoms with E-state index in [-0.39, 0.29) is 10.8 Å². The molecule has 0 radical (unpaired) electrons. The summed E-state index contributed by atoms with van der Waals surface area (Å²) in [6, 6.07) is 5.52. The van der Waals surface area contributed by atoms with E-state index in [0.29, 0.717) is 6.04 Å². The van der Waals surface area contributed by atoms with Gasteiger partial charge < -0.3 is 5.32 Å². The van der Waals surface area contributed by atoms with Gasteiger partial charge in [0.1, 0.15) is 5.82 Å². The van der Waals surface area contributed by atoms with Gasteiger partial charge >= 0.3 is 0 Å². The molecule has 1 N–H and O–H groups in total. The topological polar surface area (TPSA) is 12.0 Å². The molecular formula is C15H21ClFN. The Morgan fingerprint density at radius 2 is 1.89 bits per heavy atom. The molecular weight excluding hydrogens is 249 g/mol. The Morgan fingerprint density at radius 1 is 1.22 bits per heavy atom. The van der Waals surface area contributed by atoms with Crippen LogP contribution in [0.15, 0.2) is 18.2 Å². The maximum absolute atomic E-state index is 13.0. The Balaban J connectivity index is 1.89. The third kappa shape index (κ3) is 3.69. The van der Waals surface area contributed by atoms with Crippen LogP contribution in [0.4, 0.5) is 4.39 Å². The van der Waals surface area contributed by atoms with E-state index >= 15 is 0 Å². The van der Waals surface area contributed by atoms with Gasteiger partial charge in [-0.3, -0.25) is 0 Å². The first kappa shape index (κ1) is 13.8. The number of hydrogen-bond acceptors (Lipinski definition) is 1. The molecule has 0 saturated heterocycles. The fourth-order valence-electron chi connectivity index (χ4n) is 3.03. The van der Waals surface area contributed by atoms with Gasteiger partial charge in [-0.05, 0) is 48.8 Å². The number of benzene rings is 1. The standard InChI is InChI=1S/C15H21ClFN/c1-10-5-11(2)7-13(6-10)18-9-12-3-4-15(17)14(16)8-12/h3-4,8,10-11,13,18H,5-7,9H2,1-2H3. The second kappa shape index (κ2) is 6.03. The Morgan fingerprint density at radius 3 is 2.50 bits per heavy atom. The summed E-state index contributed by atoms with van der Waals surface area (Å²) in [6.45, 7) is 5.41. The molecule has 0 spiro atoms. The molecule has 1 aromatic rings. The molecule has 0 heterocycles. The lowest BCUT2D eigenvalue weighted by Crippen LogP contribution is -2.35. The fraction of sp³-hybridized carbons (Fsp3) is 0.600. The number of hydrogen-bond donors (Lipinski definition) is 1. The Kier molecular flexibility index (Phi) is 4.63. The summed E-state index contributed by atoms with van der Waals surface area (Å²) in [5, 5.41) is 3.77. The van der Waals surface area contributed by atoms with Crippen LogP contribution >= 0.6 is 11.6 Å². The molecule has 100 valence electrons. The first-order chi connectivity index (χ1) is 8.54. The van der Waals surface area contributed by atoms with E-state index in [1.807, 2.05) is 0 Å². The zero-order valence-electron chi connectivity index (χ0n) is 11.0. The monoisotopic (exact) mass is 269 g/mol. The van der Waals surface area contributed by atoms with Crippen LogP contribution in [0.5, 0.6) is 0 Å². The van der Waals surface area contributed by atoms with Crippen molar-refractivity contribution < 1.29 is 4.39 Å². The highest BCUT2D eigenvalue weighted by molar-refractivity contribution is 6.30. The van der Waals surface area contributed by atoms with E-state index in [1.54, 1.807) is 12.1 Å². The number of nitrogens with one attached hydrogen (secondary N) is 1. The van der Waals surface area contributed by atoms with Crippen molar-refractivity contribution in [3.63, 3.8) is 0 Å². The summed E-state index contributed by atoms with van der Waals surface area (Å²) in [7, 11) is 0. The summed E-state index contributed by atoms with van der Waals surface area (Å²) in [4.78, 5) is 0. The lowest BCUT2D eigenvalue weighted by atomic mass is 9.80. The zero-order valence-corrected chi connectivity index (χ0v) is 11.8. The van der Waals surface area contributed by atoms with E-state index in [2.05, 4.69) is 19.2 Å². The highest BCUT2D eigenvalue weighted by atomic mass is 35.5. The number of rotatable bonds is 3. The van der Waals surface area contributed by atoms with Gasteiger partial charge in [0.2, 0.25) is 0 Å². The lowest BCUT2D eigenvalue weighted by Gasteiger charge is -2.32. The van der Waals surface area contributed by atoms with Gasteiger partial charge in [-0.15, -0.1) is 0 Å². The SMILES string of the molecule is CC1CC(C)CC(NCc2ccc(F)c(Cl)c2)C1.